The van der Waals surface area contributed by atoms with Gasteiger partial charge in [0.25, 0.3) is 0 Å². The third kappa shape index (κ3) is 7.64. The molecule has 0 aliphatic carbocycles. The number of rotatable bonds is 11. The molecule has 1 saturated heterocycles. The second-order valence-corrected chi connectivity index (χ2v) is 7.87. The number of primary amides is 1. The SMILES string of the molecule is NC(=O)[C@H](Cc1ccccc1)NC(=O)[C@@H](N)COC1OC(CO)[C@@H](O)[C@H](O)[C@@H]1NC(=O)CS. The summed E-state index contributed by atoms with van der Waals surface area (Å²) in [7, 11) is 0. The molecule has 1 aromatic carbocycles. The lowest BCUT2D eigenvalue weighted by molar-refractivity contribution is -0.270. The second-order valence-electron chi connectivity index (χ2n) is 7.55. The Hall–Kier alpha value is -2.26. The van der Waals surface area contributed by atoms with E-state index in [0.29, 0.717) is 0 Å². The molecule has 7 atom stereocenters. The van der Waals surface area contributed by atoms with E-state index in [1.165, 1.54) is 0 Å². The minimum atomic E-state index is -1.53. The Labute approximate surface area is 196 Å². The highest BCUT2D eigenvalue weighted by Gasteiger charge is 2.45. The smallest absolute Gasteiger partial charge is 0.240 e. The van der Waals surface area contributed by atoms with Crippen LogP contribution >= 0.6 is 12.6 Å². The van der Waals surface area contributed by atoms with Gasteiger partial charge in [0.1, 0.15) is 36.4 Å². The maximum atomic E-state index is 12.5. The number of amides is 3. The fraction of sp³-hybridized carbons (Fsp3) is 0.550. The van der Waals surface area contributed by atoms with Crippen LogP contribution in [0.5, 0.6) is 0 Å². The van der Waals surface area contributed by atoms with Crippen molar-refractivity contribution in [2.45, 2.75) is 49.1 Å². The minimum Gasteiger partial charge on any atom is -0.394 e. The number of benzene rings is 1. The van der Waals surface area contributed by atoms with Crippen LogP contribution in [-0.4, -0.2) is 94.7 Å². The van der Waals surface area contributed by atoms with E-state index < -0.39 is 73.7 Å². The number of hydrogen-bond donors (Lipinski definition) is 8. The number of aliphatic hydroxyl groups excluding tert-OH is 3. The van der Waals surface area contributed by atoms with Crippen LogP contribution in [0.1, 0.15) is 5.56 Å². The van der Waals surface area contributed by atoms with Gasteiger partial charge in [-0.1, -0.05) is 30.3 Å². The molecule has 0 aromatic heterocycles. The fourth-order valence-electron chi connectivity index (χ4n) is 3.24. The van der Waals surface area contributed by atoms with Crippen molar-refractivity contribution in [1.29, 1.82) is 0 Å². The standard InChI is InChI=1S/C20H30N4O8S/c21-11(19(30)23-12(18(22)29)6-10-4-2-1-3-5-10)8-31-20-15(24-14(26)9-33)17(28)16(27)13(7-25)32-20/h1-5,11-13,15-17,20,25,27-28,33H,6-9,21H2,(H2,22,29)(H,23,30)(H,24,26)/t11-,12-,13?,15-,16+,17+,20?/m0/s1. The Morgan fingerprint density at radius 3 is 2.42 bits per heavy atom. The van der Waals surface area contributed by atoms with Crippen molar-refractivity contribution < 1.29 is 39.2 Å². The van der Waals surface area contributed by atoms with Crippen LogP contribution in [-0.2, 0) is 30.3 Å². The van der Waals surface area contributed by atoms with Gasteiger partial charge in [-0.15, -0.1) is 0 Å². The summed E-state index contributed by atoms with van der Waals surface area (Å²) in [6, 6.07) is 5.46. The Bertz CT molecular complexity index is 802. The van der Waals surface area contributed by atoms with E-state index in [1.807, 2.05) is 6.07 Å². The highest BCUT2D eigenvalue weighted by Crippen LogP contribution is 2.22. The van der Waals surface area contributed by atoms with Crippen LogP contribution < -0.4 is 22.1 Å². The Kier molecular flexibility index (Phi) is 10.5. The number of thiol groups is 1. The Morgan fingerprint density at radius 1 is 1.18 bits per heavy atom. The number of nitrogens with one attached hydrogen (secondary N) is 2. The van der Waals surface area contributed by atoms with Crippen molar-refractivity contribution in [3.05, 3.63) is 35.9 Å². The van der Waals surface area contributed by atoms with Crippen LogP contribution in [0.2, 0.25) is 0 Å². The number of carbonyl (C=O) groups excluding carboxylic acids is 3. The molecule has 0 radical (unpaired) electrons. The largest absolute Gasteiger partial charge is 0.394 e. The molecule has 1 fully saturated rings. The lowest BCUT2D eigenvalue weighted by Crippen LogP contribution is -2.65. The molecule has 12 nitrogen and oxygen atoms in total. The van der Waals surface area contributed by atoms with Gasteiger partial charge in [-0.25, -0.2) is 0 Å². The van der Waals surface area contributed by atoms with Crippen molar-refractivity contribution in [2.75, 3.05) is 19.0 Å². The average Bonchev–Trinajstić information content (AvgIpc) is 2.81. The first kappa shape index (κ1) is 27.0. The summed E-state index contributed by atoms with van der Waals surface area (Å²) in [5.41, 5.74) is 12.1. The summed E-state index contributed by atoms with van der Waals surface area (Å²) >= 11 is 3.84. The van der Waals surface area contributed by atoms with E-state index in [9.17, 15) is 29.7 Å². The highest BCUT2D eigenvalue weighted by molar-refractivity contribution is 7.81. The first-order chi connectivity index (χ1) is 15.7. The van der Waals surface area contributed by atoms with Crippen LogP contribution in [0.3, 0.4) is 0 Å². The molecule has 1 aliphatic rings. The lowest BCUT2D eigenvalue weighted by Gasteiger charge is -2.42. The maximum Gasteiger partial charge on any atom is 0.240 e. The zero-order chi connectivity index (χ0) is 24.5. The fourth-order valence-corrected chi connectivity index (χ4v) is 3.33. The Balaban J connectivity index is 2.00. The third-order valence-corrected chi connectivity index (χ3v) is 5.36. The van der Waals surface area contributed by atoms with Gasteiger partial charge in [-0.3, -0.25) is 14.4 Å². The number of carbonyl (C=O) groups is 3. The molecular weight excluding hydrogens is 456 g/mol. The van der Waals surface area contributed by atoms with E-state index in [0.717, 1.165) is 5.56 Å². The molecule has 2 unspecified atom stereocenters. The molecule has 0 bridgehead atoms. The molecule has 0 saturated carbocycles. The summed E-state index contributed by atoms with van der Waals surface area (Å²) in [5.74, 6) is -2.23. The molecule has 3 amide bonds. The van der Waals surface area contributed by atoms with E-state index in [2.05, 4.69) is 23.3 Å². The Morgan fingerprint density at radius 2 is 1.85 bits per heavy atom. The molecule has 1 heterocycles. The first-order valence-electron chi connectivity index (χ1n) is 10.2. The number of ether oxygens (including phenoxy) is 2. The lowest BCUT2D eigenvalue weighted by atomic mass is 9.97. The zero-order valence-corrected chi connectivity index (χ0v) is 18.6. The normalized spacial score (nSPS) is 26.8. The third-order valence-electron chi connectivity index (χ3n) is 5.07. The molecule has 33 heavy (non-hydrogen) atoms. The summed E-state index contributed by atoms with van der Waals surface area (Å²) in [5, 5.41) is 34.6. The molecule has 9 N–H and O–H groups in total. The van der Waals surface area contributed by atoms with Crippen LogP contribution in [0.25, 0.3) is 0 Å². The summed E-state index contributed by atoms with van der Waals surface area (Å²) in [4.78, 5) is 36.0. The van der Waals surface area contributed by atoms with Gasteiger partial charge in [-0.05, 0) is 5.56 Å². The predicted octanol–water partition coefficient (Wildman–Crippen LogP) is -3.60. The van der Waals surface area contributed by atoms with E-state index in [4.69, 9.17) is 20.9 Å². The first-order valence-corrected chi connectivity index (χ1v) is 10.8. The second kappa shape index (κ2) is 12.8. The van der Waals surface area contributed by atoms with Crippen LogP contribution in [0, 0.1) is 0 Å². The van der Waals surface area contributed by atoms with Gasteiger partial charge in [0, 0.05) is 6.42 Å². The van der Waals surface area contributed by atoms with Gasteiger partial charge in [-0.2, -0.15) is 12.6 Å². The van der Waals surface area contributed by atoms with Crippen molar-refractivity contribution in [3.63, 3.8) is 0 Å². The van der Waals surface area contributed by atoms with Gasteiger partial charge in [0.15, 0.2) is 6.29 Å². The van der Waals surface area contributed by atoms with Crippen molar-refractivity contribution in [1.82, 2.24) is 10.6 Å². The topological polar surface area (TPSA) is 206 Å². The predicted molar refractivity (Wildman–Crippen MR) is 119 cm³/mol. The van der Waals surface area contributed by atoms with Crippen molar-refractivity contribution in [2.24, 2.45) is 11.5 Å². The van der Waals surface area contributed by atoms with Gasteiger partial charge in [0.2, 0.25) is 17.7 Å². The number of aliphatic hydroxyl groups is 3. The molecule has 2 rings (SSSR count). The van der Waals surface area contributed by atoms with Gasteiger partial charge >= 0.3 is 0 Å². The highest BCUT2D eigenvalue weighted by atomic mass is 32.1. The van der Waals surface area contributed by atoms with Crippen LogP contribution in [0.15, 0.2) is 30.3 Å². The summed E-state index contributed by atoms with van der Waals surface area (Å²) < 4.78 is 10.9. The summed E-state index contributed by atoms with van der Waals surface area (Å²) in [6.45, 7) is -1.06. The molecule has 13 heteroatoms. The molecule has 184 valence electrons. The van der Waals surface area contributed by atoms with Crippen molar-refractivity contribution >= 4 is 30.4 Å². The van der Waals surface area contributed by atoms with Crippen molar-refractivity contribution in [3.8, 4) is 0 Å². The average molecular weight is 487 g/mol. The van der Waals surface area contributed by atoms with Gasteiger partial charge in [0.05, 0.1) is 19.0 Å². The molecular formula is C20H30N4O8S. The van der Waals surface area contributed by atoms with Gasteiger partial charge < -0.3 is 46.9 Å². The van der Waals surface area contributed by atoms with E-state index in [1.54, 1.807) is 24.3 Å². The minimum absolute atomic E-state index is 0.168. The monoisotopic (exact) mass is 486 g/mol. The maximum absolute atomic E-state index is 12.5. The number of nitrogens with two attached hydrogens (primary N) is 2. The molecule has 1 aromatic rings. The number of hydrogen-bond acceptors (Lipinski definition) is 10. The summed E-state index contributed by atoms with van der Waals surface area (Å²) in [6.07, 6.45) is -5.38. The zero-order valence-electron chi connectivity index (χ0n) is 17.7. The molecule has 0 spiro atoms. The quantitative estimate of drug-likeness (QED) is 0.145. The van der Waals surface area contributed by atoms with E-state index in [-0.39, 0.29) is 12.2 Å². The van der Waals surface area contributed by atoms with Crippen LogP contribution in [0.4, 0.5) is 0 Å². The molecule has 1 aliphatic heterocycles. The van der Waals surface area contributed by atoms with E-state index >= 15 is 0 Å².